The van der Waals surface area contributed by atoms with Crippen LogP contribution in [-0.2, 0) is 11.2 Å². The van der Waals surface area contributed by atoms with Crippen molar-refractivity contribution in [3.63, 3.8) is 0 Å². The molecule has 0 aromatic heterocycles. The van der Waals surface area contributed by atoms with Gasteiger partial charge in [0.2, 0.25) is 11.6 Å². The van der Waals surface area contributed by atoms with Crippen molar-refractivity contribution in [2.24, 2.45) is 5.92 Å². The lowest BCUT2D eigenvalue weighted by Gasteiger charge is -2.29. The summed E-state index contributed by atoms with van der Waals surface area (Å²) in [6.45, 7) is 11.9. The Kier molecular flexibility index (Phi) is 7.18. The van der Waals surface area contributed by atoms with Gasteiger partial charge in [-0.3, -0.25) is 20.4 Å². The van der Waals surface area contributed by atoms with E-state index in [1.807, 2.05) is 6.07 Å². The number of rotatable bonds is 5. The molecule has 2 rings (SSSR count). The lowest BCUT2D eigenvalue weighted by molar-refractivity contribution is -0.133. The molecular weight excluding hydrogens is 404 g/mol. The molecule has 2 aromatic carbocycles. The quantitative estimate of drug-likeness (QED) is 0.504. The average molecular weight is 425 g/mol. The smallest absolute Gasteiger partial charge is 0.269 e. The van der Waals surface area contributed by atoms with Crippen molar-refractivity contribution in [1.29, 1.82) is 5.26 Å². The summed E-state index contributed by atoms with van der Waals surface area (Å²) in [5.74, 6) is -2.02. The van der Waals surface area contributed by atoms with Gasteiger partial charge in [-0.25, -0.2) is 4.85 Å². The summed E-state index contributed by atoms with van der Waals surface area (Å²) in [5.41, 5.74) is 5.66. The van der Waals surface area contributed by atoms with E-state index in [9.17, 15) is 14.7 Å². The zero-order valence-electron chi connectivity index (χ0n) is 16.8. The SMILES string of the molecule is [C-]#[N+]c1ccc(C[C@@H](C(=O)NNC(=O)c2ccc(C#N)cc2)C(C)(C)O)c(C)c1Cl. The molecule has 0 spiro atoms. The summed E-state index contributed by atoms with van der Waals surface area (Å²) in [5, 5.41) is 19.6. The van der Waals surface area contributed by atoms with Gasteiger partial charge in [0.1, 0.15) is 0 Å². The molecule has 0 heterocycles. The summed E-state index contributed by atoms with van der Waals surface area (Å²) in [7, 11) is 0. The number of halogens is 1. The van der Waals surface area contributed by atoms with E-state index in [0.717, 1.165) is 0 Å². The number of hydrazine groups is 1. The predicted molar refractivity (Wildman–Crippen MR) is 113 cm³/mol. The standard InChI is InChI=1S/C22H21ClN4O3/c1-13-16(9-10-18(25-4)19(13)23)11-17(22(2,3)30)21(29)27-26-20(28)15-7-5-14(12-24)6-8-15/h5-10,17,30H,11H2,1-3H3,(H,26,28)(H,27,29)/t17-/m0/s1. The molecule has 0 fully saturated rings. The van der Waals surface area contributed by atoms with Crippen LogP contribution in [0, 0.1) is 30.7 Å². The van der Waals surface area contributed by atoms with Crippen molar-refractivity contribution in [1.82, 2.24) is 10.9 Å². The Balaban J connectivity index is 2.15. The highest BCUT2D eigenvalue weighted by Crippen LogP contribution is 2.33. The minimum absolute atomic E-state index is 0.159. The minimum atomic E-state index is -1.39. The van der Waals surface area contributed by atoms with Gasteiger partial charge in [-0.15, -0.1) is 0 Å². The highest BCUT2D eigenvalue weighted by Gasteiger charge is 2.34. The normalized spacial score (nSPS) is 11.7. The second kappa shape index (κ2) is 9.41. The van der Waals surface area contributed by atoms with Crippen LogP contribution in [0.1, 0.15) is 40.9 Å². The van der Waals surface area contributed by atoms with E-state index in [-0.39, 0.29) is 12.0 Å². The predicted octanol–water partition coefficient (Wildman–Crippen LogP) is 3.46. The van der Waals surface area contributed by atoms with Crippen LogP contribution in [0.5, 0.6) is 0 Å². The van der Waals surface area contributed by atoms with Crippen LogP contribution in [0.15, 0.2) is 36.4 Å². The third kappa shape index (κ3) is 5.36. The van der Waals surface area contributed by atoms with Gasteiger partial charge in [0.15, 0.2) is 0 Å². The van der Waals surface area contributed by atoms with E-state index in [4.69, 9.17) is 23.4 Å². The zero-order valence-corrected chi connectivity index (χ0v) is 17.5. The molecule has 8 heteroatoms. The summed E-state index contributed by atoms with van der Waals surface area (Å²) >= 11 is 6.21. The molecule has 0 saturated heterocycles. The van der Waals surface area contributed by atoms with Gasteiger partial charge in [-0.2, -0.15) is 5.26 Å². The van der Waals surface area contributed by atoms with Gasteiger partial charge >= 0.3 is 0 Å². The molecule has 1 atom stereocenters. The molecule has 30 heavy (non-hydrogen) atoms. The fraction of sp³-hybridized carbons (Fsp3) is 0.273. The summed E-state index contributed by atoms with van der Waals surface area (Å²) in [6, 6.07) is 11.2. The molecule has 0 radical (unpaired) electrons. The Morgan fingerprint density at radius 1 is 1.23 bits per heavy atom. The Labute approximate surface area is 180 Å². The van der Waals surface area contributed by atoms with Crippen molar-refractivity contribution in [2.75, 3.05) is 0 Å². The second-order valence-electron chi connectivity index (χ2n) is 7.34. The average Bonchev–Trinajstić information content (AvgIpc) is 2.72. The van der Waals surface area contributed by atoms with Crippen molar-refractivity contribution in [2.45, 2.75) is 32.8 Å². The van der Waals surface area contributed by atoms with Crippen molar-refractivity contribution in [3.8, 4) is 6.07 Å². The molecule has 0 aliphatic rings. The van der Waals surface area contributed by atoms with Crippen molar-refractivity contribution >= 4 is 29.1 Å². The Hall–Kier alpha value is -3.39. The fourth-order valence-corrected chi connectivity index (χ4v) is 3.10. The van der Waals surface area contributed by atoms with Gasteiger partial charge in [-0.1, -0.05) is 23.7 Å². The number of nitriles is 1. The van der Waals surface area contributed by atoms with Crippen LogP contribution in [-0.4, -0.2) is 22.5 Å². The molecule has 154 valence electrons. The third-order valence-electron chi connectivity index (χ3n) is 4.77. The highest BCUT2D eigenvalue weighted by molar-refractivity contribution is 6.34. The van der Waals surface area contributed by atoms with Crippen LogP contribution in [0.2, 0.25) is 5.02 Å². The molecule has 3 N–H and O–H groups in total. The topological polar surface area (TPSA) is 107 Å². The third-order valence-corrected chi connectivity index (χ3v) is 5.24. The van der Waals surface area contributed by atoms with Crippen LogP contribution >= 0.6 is 11.6 Å². The molecule has 0 aliphatic carbocycles. The molecule has 0 unspecified atom stereocenters. The maximum Gasteiger partial charge on any atom is 0.269 e. The van der Waals surface area contributed by atoms with Gasteiger partial charge in [0.25, 0.3) is 5.91 Å². The first kappa shape index (κ1) is 22.9. The first-order chi connectivity index (χ1) is 14.1. The van der Waals surface area contributed by atoms with E-state index in [1.54, 1.807) is 19.1 Å². The van der Waals surface area contributed by atoms with Gasteiger partial charge in [-0.05, 0) is 62.6 Å². The number of amides is 2. The lowest BCUT2D eigenvalue weighted by Crippen LogP contribution is -2.50. The van der Waals surface area contributed by atoms with E-state index in [1.165, 1.54) is 38.1 Å². The van der Waals surface area contributed by atoms with E-state index >= 15 is 0 Å². The van der Waals surface area contributed by atoms with Crippen LogP contribution in [0.3, 0.4) is 0 Å². The maximum atomic E-state index is 12.7. The summed E-state index contributed by atoms with van der Waals surface area (Å²) in [4.78, 5) is 28.3. The Bertz CT molecular complexity index is 1040. The summed E-state index contributed by atoms with van der Waals surface area (Å²) < 4.78 is 0. The Morgan fingerprint density at radius 3 is 2.40 bits per heavy atom. The molecular formula is C22H21ClN4O3. The number of carbonyl (C=O) groups is 2. The molecule has 2 amide bonds. The first-order valence-corrected chi connectivity index (χ1v) is 9.44. The van der Waals surface area contributed by atoms with Crippen LogP contribution in [0.4, 0.5) is 5.69 Å². The summed E-state index contributed by atoms with van der Waals surface area (Å²) in [6.07, 6.45) is 0.159. The van der Waals surface area contributed by atoms with E-state index in [2.05, 4.69) is 15.7 Å². The van der Waals surface area contributed by atoms with Crippen molar-refractivity contribution in [3.05, 3.63) is 75.1 Å². The van der Waals surface area contributed by atoms with E-state index in [0.29, 0.717) is 27.4 Å². The number of nitrogens with zero attached hydrogens (tertiary/aromatic N) is 2. The largest absolute Gasteiger partial charge is 0.390 e. The number of nitrogens with one attached hydrogen (secondary N) is 2. The number of aliphatic hydroxyl groups is 1. The van der Waals surface area contributed by atoms with Gasteiger partial charge in [0.05, 0.1) is 34.7 Å². The number of hydrogen-bond donors (Lipinski definition) is 3. The first-order valence-electron chi connectivity index (χ1n) is 9.06. The molecule has 0 aliphatic heterocycles. The number of benzene rings is 2. The van der Waals surface area contributed by atoms with Crippen LogP contribution in [0.25, 0.3) is 4.85 Å². The van der Waals surface area contributed by atoms with E-state index < -0.39 is 23.3 Å². The fourth-order valence-electron chi connectivity index (χ4n) is 2.88. The van der Waals surface area contributed by atoms with Gasteiger partial charge in [0, 0.05) is 5.56 Å². The lowest BCUT2D eigenvalue weighted by atomic mass is 9.84. The Morgan fingerprint density at radius 2 is 1.87 bits per heavy atom. The molecule has 0 saturated carbocycles. The molecule has 7 nitrogen and oxygen atoms in total. The monoisotopic (exact) mass is 424 g/mol. The minimum Gasteiger partial charge on any atom is -0.390 e. The van der Waals surface area contributed by atoms with Crippen LogP contribution < -0.4 is 10.9 Å². The highest BCUT2D eigenvalue weighted by atomic mass is 35.5. The number of carbonyl (C=O) groups excluding carboxylic acids is 2. The number of hydrogen-bond acceptors (Lipinski definition) is 4. The van der Waals surface area contributed by atoms with Gasteiger partial charge < -0.3 is 5.11 Å². The second-order valence-corrected chi connectivity index (χ2v) is 7.72. The molecule has 0 bridgehead atoms. The zero-order chi connectivity index (χ0) is 22.5. The maximum absolute atomic E-state index is 12.7. The molecule has 2 aromatic rings. The van der Waals surface area contributed by atoms with Crippen molar-refractivity contribution < 1.29 is 14.7 Å².